The monoisotopic (exact) mass is 396 g/mol. The smallest absolute Gasteiger partial charge is 0.387 e. The lowest BCUT2D eigenvalue weighted by Gasteiger charge is -2.10. The van der Waals surface area contributed by atoms with Crippen LogP contribution in [0.4, 0.5) is 8.78 Å². The topological polar surface area (TPSA) is 77.5 Å². The largest absolute Gasteiger partial charge is 0.435 e. The molecule has 1 heterocycles. The molecule has 5 nitrogen and oxygen atoms in total. The molecule has 0 bridgehead atoms. The van der Waals surface area contributed by atoms with Gasteiger partial charge < -0.3 is 20.1 Å². The molecule has 0 radical (unpaired) electrons. The van der Waals surface area contributed by atoms with Gasteiger partial charge in [-0.3, -0.25) is 4.79 Å². The number of halogens is 2. The van der Waals surface area contributed by atoms with Crippen molar-refractivity contribution in [3.63, 3.8) is 0 Å². The van der Waals surface area contributed by atoms with Crippen molar-refractivity contribution in [3.8, 4) is 5.75 Å². The Balaban J connectivity index is 1.87. The summed E-state index contributed by atoms with van der Waals surface area (Å²) in [5.41, 5.74) is 9.27. The average molecular weight is 396 g/mol. The Morgan fingerprint density at radius 3 is 2.41 bits per heavy atom. The van der Waals surface area contributed by atoms with Gasteiger partial charge in [0.1, 0.15) is 5.75 Å². The number of ether oxygens (including phenoxy) is 1. The number of hydrogen-bond donors (Lipinski definition) is 2. The molecule has 0 aliphatic carbocycles. The third-order valence-corrected chi connectivity index (χ3v) is 4.89. The highest BCUT2D eigenvalue weighted by atomic mass is 19.3. The minimum atomic E-state index is -2.87. The summed E-state index contributed by atoms with van der Waals surface area (Å²) in [6, 6.07) is 17.3. The first-order chi connectivity index (χ1) is 14.0. The van der Waals surface area contributed by atoms with E-state index in [0.717, 1.165) is 32.9 Å². The van der Waals surface area contributed by atoms with Crippen LogP contribution in [-0.2, 0) is 13.2 Å². The van der Waals surface area contributed by atoms with Gasteiger partial charge in [-0.05, 0) is 41.5 Å². The van der Waals surface area contributed by atoms with Gasteiger partial charge in [-0.2, -0.15) is 8.78 Å². The van der Waals surface area contributed by atoms with Gasteiger partial charge in [0.05, 0.1) is 12.1 Å². The number of benzene rings is 3. The highest BCUT2D eigenvalue weighted by Crippen LogP contribution is 2.33. The van der Waals surface area contributed by atoms with Crippen LogP contribution in [0.5, 0.6) is 5.75 Å². The molecule has 1 amide bonds. The number of alkyl halides is 2. The van der Waals surface area contributed by atoms with Crippen LogP contribution in [0, 0.1) is 0 Å². The SMILES string of the molecule is NC(=O)c1cccc2c1c1ccc(CO)cc1n2Cc1ccc(OC(F)F)cc1. The van der Waals surface area contributed by atoms with Crippen LogP contribution in [0.3, 0.4) is 0 Å². The Kier molecular flexibility index (Phi) is 4.90. The van der Waals surface area contributed by atoms with Crippen LogP contribution >= 0.6 is 0 Å². The zero-order valence-electron chi connectivity index (χ0n) is 15.3. The van der Waals surface area contributed by atoms with E-state index in [0.29, 0.717) is 12.1 Å². The molecule has 4 rings (SSSR count). The molecule has 0 spiro atoms. The molecule has 29 heavy (non-hydrogen) atoms. The minimum Gasteiger partial charge on any atom is -0.435 e. The fraction of sp³-hybridized carbons (Fsp3) is 0.136. The number of aliphatic hydroxyl groups excluding tert-OH is 1. The molecular weight excluding hydrogens is 378 g/mol. The number of carbonyl (C=O) groups excluding carboxylic acids is 1. The lowest BCUT2D eigenvalue weighted by Crippen LogP contribution is -2.11. The molecule has 0 saturated carbocycles. The zero-order chi connectivity index (χ0) is 20.5. The number of amides is 1. The van der Waals surface area contributed by atoms with Crippen molar-refractivity contribution in [2.45, 2.75) is 19.8 Å². The Morgan fingerprint density at radius 1 is 1.03 bits per heavy atom. The summed E-state index contributed by atoms with van der Waals surface area (Å²) >= 11 is 0. The number of rotatable bonds is 6. The van der Waals surface area contributed by atoms with Gasteiger partial charge in [0, 0.05) is 28.4 Å². The fourth-order valence-electron chi connectivity index (χ4n) is 3.62. The van der Waals surface area contributed by atoms with Crippen molar-refractivity contribution in [3.05, 3.63) is 77.4 Å². The van der Waals surface area contributed by atoms with E-state index >= 15 is 0 Å². The van der Waals surface area contributed by atoms with Gasteiger partial charge >= 0.3 is 6.61 Å². The van der Waals surface area contributed by atoms with Crippen LogP contribution in [-0.4, -0.2) is 22.2 Å². The predicted octanol–water partition coefficient (Wildman–Crippen LogP) is 4.04. The summed E-state index contributed by atoms with van der Waals surface area (Å²) in [6.45, 7) is -2.55. The van der Waals surface area contributed by atoms with Crippen molar-refractivity contribution in [1.29, 1.82) is 0 Å². The van der Waals surface area contributed by atoms with E-state index in [2.05, 4.69) is 4.74 Å². The second kappa shape index (κ2) is 7.52. The quantitative estimate of drug-likeness (QED) is 0.516. The first-order valence-corrected chi connectivity index (χ1v) is 8.96. The summed E-state index contributed by atoms with van der Waals surface area (Å²) < 4.78 is 31.1. The standard InChI is InChI=1S/C22H18F2N2O3/c23-22(24)29-15-7-4-13(5-8-15)11-26-18-3-1-2-17(21(25)28)20(18)16-9-6-14(12-27)10-19(16)26/h1-10,22,27H,11-12H2,(H2,25,28). The normalized spacial score (nSPS) is 11.4. The van der Waals surface area contributed by atoms with Gasteiger partial charge in [0.25, 0.3) is 0 Å². The average Bonchev–Trinajstić information content (AvgIpc) is 3.02. The maximum Gasteiger partial charge on any atom is 0.387 e. The second-order valence-corrected chi connectivity index (χ2v) is 6.68. The van der Waals surface area contributed by atoms with Gasteiger partial charge in [-0.25, -0.2) is 0 Å². The predicted molar refractivity (Wildman–Crippen MR) is 106 cm³/mol. The van der Waals surface area contributed by atoms with Gasteiger partial charge in [0.15, 0.2) is 0 Å². The molecule has 0 aliphatic heterocycles. The summed E-state index contributed by atoms with van der Waals surface area (Å²) in [5, 5.41) is 11.1. The molecule has 0 atom stereocenters. The van der Waals surface area contributed by atoms with E-state index in [9.17, 15) is 18.7 Å². The lowest BCUT2D eigenvalue weighted by atomic mass is 10.0. The highest BCUT2D eigenvalue weighted by Gasteiger charge is 2.17. The molecule has 7 heteroatoms. The number of carbonyl (C=O) groups is 1. The van der Waals surface area contributed by atoms with Crippen LogP contribution < -0.4 is 10.5 Å². The number of nitrogens with two attached hydrogens (primary N) is 1. The number of aromatic nitrogens is 1. The lowest BCUT2D eigenvalue weighted by molar-refractivity contribution is -0.0498. The summed E-state index contributed by atoms with van der Waals surface area (Å²) in [4.78, 5) is 12.0. The van der Waals surface area contributed by atoms with Crippen LogP contribution in [0.15, 0.2) is 60.7 Å². The van der Waals surface area contributed by atoms with Crippen LogP contribution in [0.1, 0.15) is 21.5 Å². The number of nitrogens with zero attached hydrogens (tertiary/aromatic N) is 1. The Hall–Kier alpha value is -3.45. The third-order valence-electron chi connectivity index (χ3n) is 4.89. The van der Waals surface area contributed by atoms with E-state index in [1.807, 2.05) is 22.8 Å². The number of aliphatic hydroxyl groups is 1. The van der Waals surface area contributed by atoms with E-state index in [1.54, 1.807) is 30.3 Å². The number of hydrogen-bond acceptors (Lipinski definition) is 3. The first-order valence-electron chi connectivity index (χ1n) is 8.96. The van der Waals surface area contributed by atoms with Crippen molar-refractivity contribution >= 4 is 27.7 Å². The van der Waals surface area contributed by atoms with Crippen molar-refractivity contribution in [2.75, 3.05) is 0 Å². The summed E-state index contributed by atoms with van der Waals surface area (Å²) in [7, 11) is 0. The van der Waals surface area contributed by atoms with Gasteiger partial charge in [0.2, 0.25) is 5.91 Å². The molecular formula is C22H18F2N2O3. The Labute approximate surface area is 164 Å². The van der Waals surface area contributed by atoms with E-state index in [1.165, 1.54) is 12.1 Å². The molecule has 0 saturated heterocycles. The zero-order valence-corrected chi connectivity index (χ0v) is 15.3. The molecule has 0 unspecified atom stereocenters. The van der Waals surface area contributed by atoms with E-state index < -0.39 is 12.5 Å². The molecule has 4 aromatic rings. The molecule has 3 N–H and O–H groups in total. The maximum absolute atomic E-state index is 12.4. The fourth-order valence-corrected chi connectivity index (χ4v) is 3.62. The maximum atomic E-state index is 12.4. The summed E-state index contributed by atoms with van der Waals surface area (Å²) in [6.07, 6.45) is 0. The highest BCUT2D eigenvalue weighted by molar-refractivity contribution is 6.17. The number of fused-ring (bicyclic) bond motifs is 3. The second-order valence-electron chi connectivity index (χ2n) is 6.68. The van der Waals surface area contributed by atoms with Crippen molar-refractivity contribution < 1.29 is 23.4 Å². The van der Waals surface area contributed by atoms with Crippen molar-refractivity contribution in [1.82, 2.24) is 4.57 Å². The number of primary amides is 1. The Morgan fingerprint density at radius 2 is 1.76 bits per heavy atom. The first kappa shape index (κ1) is 18.9. The van der Waals surface area contributed by atoms with Crippen LogP contribution in [0.2, 0.25) is 0 Å². The molecule has 1 aromatic heterocycles. The van der Waals surface area contributed by atoms with E-state index in [-0.39, 0.29) is 12.4 Å². The molecule has 0 fully saturated rings. The molecule has 3 aromatic carbocycles. The molecule has 148 valence electrons. The van der Waals surface area contributed by atoms with Crippen LogP contribution in [0.25, 0.3) is 21.8 Å². The minimum absolute atomic E-state index is 0.0875. The molecule has 0 aliphatic rings. The third kappa shape index (κ3) is 3.52. The Bertz CT molecular complexity index is 1200. The summed E-state index contributed by atoms with van der Waals surface area (Å²) in [5.74, 6) is -0.432. The van der Waals surface area contributed by atoms with E-state index in [4.69, 9.17) is 5.73 Å². The van der Waals surface area contributed by atoms with Gasteiger partial charge in [-0.1, -0.05) is 30.3 Å². The van der Waals surface area contributed by atoms with Crippen molar-refractivity contribution in [2.24, 2.45) is 5.73 Å². The van der Waals surface area contributed by atoms with Gasteiger partial charge in [-0.15, -0.1) is 0 Å².